The molecule has 3 rings (SSSR count). The number of aryl methyl sites for hydroxylation is 2. The molecule has 2 aromatic carbocycles. The molecule has 0 unspecified atom stereocenters. The first-order chi connectivity index (χ1) is 10.7. The molecule has 0 radical (unpaired) electrons. The molecule has 0 N–H and O–H groups in total. The van der Waals surface area contributed by atoms with Gasteiger partial charge in [-0.2, -0.15) is 0 Å². The Balaban J connectivity index is 1.84. The average Bonchev–Trinajstić information content (AvgIpc) is 2.54. The van der Waals surface area contributed by atoms with Gasteiger partial charge in [0, 0.05) is 0 Å². The standard InChI is InChI=1S/C21H23F/c1-3-5-15-6-8-17(9-7-15)18-10-11-19-12-16(4-2)21(22)14-20(19)13-18/h6-10,12,14H,3-5,11,13H2,1-2H3. The highest BCUT2D eigenvalue weighted by Crippen LogP contribution is 2.29. The van der Waals surface area contributed by atoms with Gasteiger partial charge in [0.25, 0.3) is 0 Å². The molecule has 0 atom stereocenters. The highest BCUT2D eigenvalue weighted by molar-refractivity contribution is 5.70. The smallest absolute Gasteiger partial charge is 0.126 e. The van der Waals surface area contributed by atoms with Gasteiger partial charge in [-0.25, -0.2) is 4.39 Å². The van der Waals surface area contributed by atoms with Crippen LogP contribution in [0.4, 0.5) is 4.39 Å². The molecular formula is C21H23F. The number of hydrogen-bond acceptors (Lipinski definition) is 0. The minimum absolute atomic E-state index is 0.0548. The third kappa shape index (κ3) is 2.99. The summed E-state index contributed by atoms with van der Waals surface area (Å²) in [4.78, 5) is 0. The predicted octanol–water partition coefficient (Wildman–Crippen LogP) is 5.52. The first kappa shape index (κ1) is 15.0. The topological polar surface area (TPSA) is 0 Å². The van der Waals surface area contributed by atoms with Gasteiger partial charge in [-0.1, -0.05) is 56.7 Å². The van der Waals surface area contributed by atoms with Crippen molar-refractivity contribution in [3.05, 3.63) is 76.1 Å². The molecule has 114 valence electrons. The fourth-order valence-corrected chi connectivity index (χ4v) is 3.24. The number of hydrogen-bond donors (Lipinski definition) is 0. The summed E-state index contributed by atoms with van der Waals surface area (Å²) in [6.07, 6.45) is 7.11. The third-order valence-electron chi connectivity index (χ3n) is 4.56. The van der Waals surface area contributed by atoms with E-state index in [4.69, 9.17) is 0 Å². The van der Waals surface area contributed by atoms with Crippen LogP contribution < -0.4 is 0 Å². The van der Waals surface area contributed by atoms with Gasteiger partial charge in [-0.15, -0.1) is 0 Å². The van der Waals surface area contributed by atoms with Gasteiger partial charge < -0.3 is 0 Å². The van der Waals surface area contributed by atoms with Crippen LogP contribution in [0.1, 0.15) is 48.1 Å². The maximum atomic E-state index is 14.0. The second-order valence-corrected chi connectivity index (χ2v) is 6.12. The summed E-state index contributed by atoms with van der Waals surface area (Å²) < 4.78 is 14.0. The van der Waals surface area contributed by atoms with Crippen LogP contribution in [0.25, 0.3) is 5.57 Å². The van der Waals surface area contributed by atoms with Gasteiger partial charge in [-0.05, 0) is 65.1 Å². The van der Waals surface area contributed by atoms with E-state index >= 15 is 0 Å². The second kappa shape index (κ2) is 6.48. The molecule has 1 aliphatic carbocycles. The minimum Gasteiger partial charge on any atom is -0.207 e. The van der Waals surface area contributed by atoms with Crippen molar-refractivity contribution in [2.24, 2.45) is 0 Å². The lowest BCUT2D eigenvalue weighted by Gasteiger charge is -2.19. The molecule has 2 aromatic rings. The molecule has 0 aromatic heterocycles. The van der Waals surface area contributed by atoms with Gasteiger partial charge in [0.1, 0.15) is 5.82 Å². The minimum atomic E-state index is -0.0548. The fourth-order valence-electron chi connectivity index (χ4n) is 3.24. The number of rotatable bonds is 4. The lowest BCUT2D eigenvalue weighted by Crippen LogP contribution is -2.05. The summed E-state index contributed by atoms with van der Waals surface area (Å²) in [7, 11) is 0. The zero-order valence-corrected chi connectivity index (χ0v) is 13.5. The van der Waals surface area contributed by atoms with Gasteiger partial charge in [-0.3, -0.25) is 0 Å². The molecule has 0 spiro atoms. The van der Waals surface area contributed by atoms with Crippen molar-refractivity contribution in [3.8, 4) is 0 Å². The first-order valence-corrected chi connectivity index (χ1v) is 8.29. The lowest BCUT2D eigenvalue weighted by atomic mass is 9.86. The number of allylic oxidation sites excluding steroid dienone is 2. The summed E-state index contributed by atoms with van der Waals surface area (Å²) in [5.41, 5.74) is 7.24. The van der Waals surface area contributed by atoms with Crippen LogP contribution in [0, 0.1) is 5.82 Å². The van der Waals surface area contributed by atoms with Gasteiger partial charge in [0.2, 0.25) is 0 Å². The van der Waals surface area contributed by atoms with Gasteiger partial charge in [0.05, 0.1) is 0 Å². The summed E-state index contributed by atoms with van der Waals surface area (Å²) in [5.74, 6) is -0.0548. The van der Waals surface area contributed by atoms with E-state index in [9.17, 15) is 4.39 Å². The Bertz CT molecular complexity index is 693. The summed E-state index contributed by atoms with van der Waals surface area (Å²) in [6, 6.07) is 12.6. The highest BCUT2D eigenvalue weighted by atomic mass is 19.1. The first-order valence-electron chi connectivity index (χ1n) is 8.29. The van der Waals surface area contributed by atoms with E-state index in [0.29, 0.717) is 0 Å². The number of fused-ring (bicyclic) bond motifs is 1. The van der Waals surface area contributed by atoms with E-state index in [-0.39, 0.29) is 5.82 Å². The van der Waals surface area contributed by atoms with Crippen LogP contribution in [-0.2, 0) is 25.7 Å². The Hall–Kier alpha value is -1.89. The molecular weight excluding hydrogens is 271 g/mol. The third-order valence-corrected chi connectivity index (χ3v) is 4.56. The molecule has 0 saturated heterocycles. The van der Waals surface area contributed by atoms with E-state index in [0.717, 1.165) is 36.8 Å². The van der Waals surface area contributed by atoms with Crippen molar-refractivity contribution in [2.45, 2.75) is 46.0 Å². The van der Waals surface area contributed by atoms with Crippen LogP contribution >= 0.6 is 0 Å². The molecule has 22 heavy (non-hydrogen) atoms. The molecule has 1 heteroatoms. The summed E-state index contributed by atoms with van der Waals surface area (Å²) in [6.45, 7) is 4.21. The van der Waals surface area contributed by atoms with Crippen LogP contribution in [0.3, 0.4) is 0 Å². The number of halogens is 1. The zero-order chi connectivity index (χ0) is 15.5. The van der Waals surface area contributed by atoms with Gasteiger partial charge >= 0.3 is 0 Å². The van der Waals surface area contributed by atoms with E-state index in [1.807, 2.05) is 13.0 Å². The van der Waals surface area contributed by atoms with Crippen molar-refractivity contribution in [1.29, 1.82) is 0 Å². The maximum absolute atomic E-state index is 14.0. The van der Waals surface area contributed by atoms with Crippen LogP contribution in [-0.4, -0.2) is 0 Å². The summed E-state index contributed by atoms with van der Waals surface area (Å²) in [5, 5.41) is 0. The molecule has 0 saturated carbocycles. The van der Waals surface area contributed by atoms with E-state index < -0.39 is 0 Å². The Morgan fingerprint density at radius 3 is 2.45 bits per heavy atom. The fraction of sp³-hybridized carbons (Fsp3) is 0.333. The monoisotopic (exact) mass is 294 g/mol. The average molecular weight is 294 g/mol. The van der Waals surface area contributed by atoms with Crippen molar-refractivity contribution < 1.29 is 4.39 Å². The SMILES string of the molecule is CCCc1ccc(C2=CCc3cc(CC)c(F)cc3C2)cc1. The molecule has 0 fully saturated rings. The largest absolute Gasteiger partial charge is 0.207 e. The van der Waals surface area contributed by atoms with E-state index in [2.05, 4.69) is 37.3 Å². The Morgan fingerprint density at radius 1 is 1.00 bits per heavy atom. The maximum Gasteiger partial charge on any atom is 0.126 e. The van der Waals surface area contributed by atoms with Crippen LogP contribution in [0.5, 0.6) is 0 Å². The van der Waals surface area contributed by atoms with Crippen molar-refractivity contribution in [1.82, 2.24) is 0 Å². The molecule has 0 nitrogen and oxygen atoms in total. The van der Waals surface area contributed by atoms with Crippen LogP contribution in [0.2, 0.25) is 0 Å². The predicted molar refractivity (Wildman–Crippen MR) is 91.6 cm³/mol. The van der Waals surface area contributed by atoms with Crippen molar-refractivity contribution >= 4 is 5.57 Å². The Labute approximate surface area is 132 Å². The van der Waals surface area contributed by atoms with Crippen molar-refractivity contribution in [2.75, 3.05) is 0 Å². The highest BCUT2D eigenvalue weighted by Gasteiger charge is 2.15. The Morgan fingerprint density at radius 2 is 1.77 bits per heavy atom. The quantitative estimate of drug-likeness (QED) is 0.696. The molecule has 0 amide bonds. The van der Waals surface area contributed by atoms with E-state index in [1.165, 1.54) is 28.7 Å². The molecule has 0 heterocycles. The molecule has 1 aliphatic rings. The lowest BCUT2D eigenvalue weighted by molar-refractivity contribution is 0.609. The second-order valence-electron chi connectivity index (χ2n) is 6.12. The molecule has 0 aliphatic heterocycles. The normalized spacial score (nSPS) is 13.7. The van der Waals surface area contributed by atoms with E-state index in [1.54, 1.807) is 6.07 Å². The molecule has 0 bridgehead atoms. The van der Waals surface area contributed by atoms with Gasteiger partial charge in [0.15, 0.2) is 0 Å². The van der Waals surface area contributed by atoms with Crippen molar-refractivity contribution in [3.63, 3.8) is 0 Å². The Kier molecular flexibility index (Phi) is 4.42. The zero-order valence-electron chi connectivity index (χ0n) is 13.5. The van der Waals surface area contributed by atoms with Crippen LogP contribution in [0.15, 0.2) is 42.5 Å². The summed E-state index contributed by atoms with van der Waals surface area (Å²) >= 11 is 0. The number of benzene rings is 2.